The summed E-state index contributed by atoms with van der Waals surface area (Å²) in [7, 11) is 2.01. The van der Waals surface area contributed by atoms with Crippen LogP contribution in [-0.2, 0) is 11.8 Å². The summed E-state index contributed by atoms with van der Waals surface area (Å²) in [6.07, 6.45) is 3.74. The average molecular weight is 222 g/mol. The number of hydrogen-bond acceptors (Lipinski definition) is 3. The lowest BCUT2D eigenvalue weighted by Gasteiger charge is -2.18. The summed E-state index contributed by atoms with van der Waals surface area (Å²) in [6, 6.07) is 0. The summed E-state index contributed by atoms with van der Waals surface area (Å²) < 4.78 is 2.05. The second kappa shape index (κ2) is 4.65. The Hall–Kier alpha value is -1.36. The maximum atomic E-state index is 10.9. The fourth-order valence-electron chi connectivity index (χ4n) is 2.29. The van der Waals surface area contributed by atoms with Crippen molar-refractivity contribution < 1.29 is 4.79 Å². The summed E-state index contributed by atoms with van der Waals surface area (Å²) in [4.78, 5) is 15.1. The highest BCUT2D eigenvalue weighted by molar-refractivity contribution is 5.72. The standard InChI is InChI=1S/C11H18N4O/c1-8(16)14-4-9-3-12-5-10(9)11-6-13-7-15(11)2/h6-7,9-10,12H,3-5H2,1-2H3,(H,14,16). The maximum absolute atomic E-state index is 10.9. The molecule has 5 heteroatoms. The van der Waals surface area contributed by atoms with Gasteiger partial charge in [0.25, 0.3) is 0 Å². The van der Waals surface area contributed by atoms with Crippen LogP contribution in [0.3, 0.4) is 0 Å². The van der Waals surface area contributed by atoms with Crippen molar-refractivity contribution in [2.45, 2.75) is 12.8 Å². The molecule has 1 aliphatic rings. The molecular weight excluding hydrogens is 204 g/mol. The number of imidazole rings is 1. The van der Waals surface area contributed by atoms with Gasteiger partial charge in [0, 0.05) is 51.4 Å². The Morgan fingerprint density at radius 1 is 1.69 bits per heavy atom. The third-order valence-electron chi connectivity index (χ3n) is 3.19. The number of nitrogens with zero attached hydrogens (tertiary/aromatic N) is 2. The molecule has 1 aliphatic heterocycles. The molecule has 5 nitrogen and oxygen atoms in total. The van der Waals surface area contributed by atoms with Crippen LogP contribution in [0.15, 0.2) is 12.5 Å². The molecule has 2 heterocycles. The molecule has 1 fully saturated rings. The van der Waals surface area contributed by atoms with Gasteiger partial charge in [0.05, 0.1) is 6.33 Å². The molecule has 0 radical (unpaired) electrons. The van der Waals surface area contributed by atoms with Gasteiger partial charge in [0.1, 0.15) is 0 Å². The van der Waals surface area contributed by atoms with E-state index in [0.29, 0.717) is 11.8 Å². The molecular formula is C11H18N4O. The van der Waals surface area contributed by atoms with Crippen LogP contribution in [0, 0.1) is 5.92 Å². The fraction of sp³-hybridized carbons (Fsp3) is 0.636. The lowest BCUT2D eigenvalue weighted by Crippen LogP contribution is -2.30. The molecule has 0 saturated carbocycles. The van der Waals surface area contributed by atoms with Gasteiger partial charge in [0.2, 0.25) is 5.91 Å². The van der Waals surface area contributed by atoms with Crippen molar-refractivity contribution >= 4 is 5.91 Å². The van der Waals surface area contributed by atoms with Crippen molar-refractivity contribution in [3.05, 3.63) is 18.2 Å². The van der Waals surface area contributed by atoms with E-state index in [2.05, 4.69) is 20.2 Å². The Bertz CT molecular complexity index is 374. The molecule has 16 heavy (non-hydrogen) atoms. The molecule has 2 rings (SSSR count). The fourth-order valence-corrected chi connectivity index (χ4v) is 2.29. The molecule has 0 bridgehead atoms. The van der Waals surface area contributed by atoms with Gasteiger partial charge >= 0.3 is 0 Å². The first kappa shape index (κ1) is 11.1. The lowest BCUT2D eigenvalue weighted by molar-refractivity contribution is -0.119. The highest BCUT2D eigenvalue weighted by Gasteiger charge is 2.30. The predicted molar refractivity (Wildman–Crippen MR) is 61.0 cm³/mol. The molecule has 0 aliphatic carbocycles. The Morgan fingerprint density at radius 2 is 2.50 bits per heavy atom. The van der Waals surface area contributed by atoms with Crippen molar-refractivity contribution in [3.8, 4) is 0 Å². The molecule has 0 spiro atoms. The van der Waals surface area contributed by atoms with E-state index in [1.807, 2.05) is 19.6 Å². The van der Waals surface area contributed by atoms with E-state index >= 15 is 0 Å². The number of aryl methyl sites for hydroxylation is 1. The monoisotopic (exact) mass is 222 g/mol. The van der Waals surface area contributed by atoms with Crippen LogP contribution in [0.25, 0.3) is 0 Å². The second-order valence-electron chi connectivity index (χ2n) is 4.39. The van der Waals surface area contributed by atoms with Crippen molar-refractivity contribution in [3.63, 3.8) is 0 Å². The van der Waals surface area contributed by atoms with E-state index in [0.717, 1.165) is 19.6 Å². The molecule has 1 amide bonds. The lowest BCUT2D eigenvalue weighted by atomic mass is 9.93. The smallest absolute Gasteiger partial charge is 0.216 e. The highest BCUT2D eigenvalue weighted by Crippen LogP contribution is 2.26. The summed E-state index contributed by atoms with van der Waals surface area (Å²) >= 11 is 0. The van der Waals surface area contributed by atoms with Gasteiger partial charge in [-0.3, -0.25) is 4.79 Å². The Kier molecular flexibility index (Phi) is 3.24. The van der Waals surface area contributed by atoms with Gasteiger partial charge < -0.3 is 15.2 Å². The van der Waals surface area contributed by atoms with E-state index in [9.17, 15) is 4.79 Å². The number of hydrogen-bond donors (Lipinski definition) is 2. The zero-order valence-corrected chi connectivity index (χ0v) is 9.73. The van der Waals surface area contributed by atoms with Crippen LogP contribution in [0.2, 0.25) is 0 Å². The van der Waals surface area contributed by atoms with E-state index < -0.39 is 0 Å². The van der Waals surface area contributed by atoms with E-state index in [-0.39, 0.29) is 5.91 Å². The predicted octanol–water partition coefficient (Wildman–Crippen LogP) is -0.141. The summed E-state index contributed by atoms with van der Waals surface area (Å²) in [6.45, 7) is 4.21. The van der Waals surface area contributed by atoms with Gasteiger partial charge in [-0.2, -0.15) is 0 Å². The molecule has 1 saturated heterocycles. The minimum Gasteiger partial charge on any atom is -0.356 e. The summed E-state index contributed by atoms with van der Waals surface area (Å²) in [5.74, 6) is 0.939. The second-order valence-corrected chi connectivity index (χ2v) is 4.39. The number of carbonyl (C=O) groups is 1. The van der Waals surface area contributed by atoms with Crippen molar-refractivity contribution in [2.24, 2.45) is 13.0 Å². The first-order valence-corrected chi connectivity index (χ1v) is 5.60. The minimum atomic E-state index is 0.0376. The van der Waals surface area contributed by atoms with Crippen LogP contribution in [-0.4, -0.2) is 35.1 Å². The van der Waals surface area contributed by atoms with Gasteiger partial charge in [0.15, 0.2) is 0 Å². The average Bonchev–Trinajstić information content (AvgIpc) is 2.82. The first-order chi connectivity index (χ1) is 7.68. The van der Waals surface area contributed by atoms with Crippen LogP contribution in [0.5, 0.6) is 0 Å². The van der Waals surface area contributed by atoms with Crippen LogP contribution in [0.1, 0.15) is 18.5 Å². The largest absolute Gasteiger partial charge is 0.356 e. The van der Waals surface area contributed by atoms with Crippen molar-refractivity contribution in [1.82, 2.24) is 20.2 Å². The van der Waals surface area contributed by atoms with Crippen molar-refractivity contribution in [2.75, 3.05) is 19.6 Å². The molecule has 2 unspecified atom stereocenters. The Balaban J connectivity index is 2.03. The van der Waals surface area contributed by atoms with Crippen molar-refractivity contribution in [1.29, 1.82) is 0 Å². The van der Waals surface area contributed by atoms with Crippen LogP contribution < -0.4 is 10.6 Å². The summed E-state index contributed by atoms with van der Waals surface area (Å²) in [5, 5.41) is 6.26. The normalized spacial score (nSPS) is 24.6. The SMILES string of the molecule is CC(=O)NCC1CNCC1c1cncn1C. The van der Waals surface area contributed by atoms with Crippen LogP contribution in [0.4, 0.5) is 0 Å². The van der Waals surface area contributed by atoms with Gasteiger partial charge in [-0.25, -0.2) is 4.98 Å². The Labute approximate surface area is 95.2 Å². The molecule has 1 aromatic rings. The molecule has 0 aromatic carbocycles. The number of nitrogens with one attached hydrogen (secondary N) is 2. The third kappa shape index (κ3) is 2.24. The molecule has 2 N–H and O–H groups in total. The maximum Gasteiger partial charge on any atom is 0.216 e. The van der Waals surface area contributed by atoms with E-state index in [1.54, 1.807) is 6.92 Å². The number of carbonyl (C=O) groups excluding carboxylic acids is 1. The Morgan fingerprint density at radius 3 is 3.12 bits per heavy atom. The quantitative estimate of drug-likeness (QED) is 0.748. The number of aromatic nitrogens is 2. The minimum absolute atomic E-state index is 0.0376. The van der Waals surface area contributed by atoms with Crippen LogP contribution >= 0.6 is 0 Å². The third-order valence-corrected chi connectivity index (χ3v) is 3.19. The number of rotatable bonds is 3. The summed E-state index contributed by atoms with van der Waals surface area (Å²) in [5.41, 5.74) is 1.24. The molecule has 88 valence electrons. The number of amides is 1. The highest BCUT2D eigenvalue weighted by atomic mass is 16.1. The first-order valence-electron chi connectivity index (χ1n) is 5.60. The zero-order valence-electron chi connectivity index (χ0n) is 9.73. The van der Waals surface area contributed by atoms with Gasteiger partial charge in [-0.15, -0.1) is 0 Å². The molecule has 1 aromatic heterocycles. The molecule has 2 atom stereocenters. The topological polar surface area (TPSA) is 59.0 Å². The van der Waals surface area contributed by atoms with E-state index in [4.69, 9.17) is 0 Å². The van der Waals surface area contributed by atoms with Gasteiger partial charge in [-0.1, -0.05) is 0 Å². The van der Waals surface area contributed by atoms with E-state index in [1.165, 1.54) is 5.69 Å². The van der Waals surface area contributed by atoms with Gasteiger partial charge in [-0.05, 0) is 5.92 Å². The zero-order chi connectivity index (χ0) is 11.5.